The third kappa shape index (κ3) is 6.82. The second kappa shape index (κ2) is 11.3. The number of hydrogen-bond acceptors (Lipinski definition) is 6. The van der Waals surface area contributed by atoms with Crippen LogP contribution in [0.2, 0.25) is 0 Å². The molecule has 33 heavy (non-hydrogen) atoms. The highest BCUT2D eigenvalue weighted by Crippen LogP contribution is 2.25. The molecule has 1 aliphatic heterocycles. The molecule has 0 radical (unpaired) electrons. The number of hydrogen-bond donors (Lipinski definition) is 1. The van der Waals surface area contributed by atoms with Crippen LogP contribution in [-0.4, -0.2) is 72.4 Å². The topological polar surface area (TPSA) is 87.7 Å². The molecule has 2 aromatic rings. The first-order valence-electron chi connectivity index (χ1n) is 10.5. The molecule has 0 saturated carbocycles. The van der Waals surface area contributed by atoms with Crippen molar-refractivity contribution in [2.45, 2.75) is 12.8 Å². The van der Waals surface area contributed by atoms with Crippen molar-refractivity contribution in [3.63, 3.8) is 0 Å². The molecule has 1 aromatic carbocycles. The Hall–Kier alpha value is -2.85. The van der Waals surface area contributed by atoms with Crippen LogP contribution in [0.25, 0.3) is 0 Å². The normalized spacial score (nSPS) is 15.9. The van der Waals surface area contributed by atoms with E-state index in [2.05, 4.69) is 31.2 Å². The highest BCUT2D eigenvalue weighted by Gasteiger charge is 2.28. The van der Waals surface area contributed by atoms with Crippen LogP contribution in [0, 0.1) is 11.7 Å². The summed E-state index contributed by atoms with van der Waals surface area (Å²) in [7, 11) is 5.31. The summed E-state index contributed by atoms with van der Waals surface area (Å²) in [5.41, 5.74) is 0.280. The van der Waals surface area contributed by atoms with Crippen LogP contribution in [0.3, 0.4) is 0 Å². The van der Waals surface area contributed by atoms with Crippen molar-refractivity contribution in [3.8, 4) is 5.88 Å². The van der Waals surface area contributed by atoms with Crippen molar-refractivity contribution >= 4 is 33.4 Å². The molecule has 1 aromatic heterocycles. The van der Waals surface area contributed by atoms with E-state index in [0.29, 0.717) is 42.2 Å². The van der Waals surface area contributed by atoms with Gasteiger partial charge in [-0.05, 0) is 60.6 Å². The number of rotatable bonds is 8. The van der Waals surface area contributed by atoms with Gasteiger partial charge in [-0.1, -0.05) is 6.08 Å². The first-order chi connectivity index (χ1) is 15.8. The van der Waals surface area contributed by atoms with Crippen LogP contribution >= 0.6 is 15.9 Å². The van der Waals surface area contributed by atoms with E-state index in [-0.39, 0.29) is 23.1 Å². The number of nitrogens with one attached hydrogen (secondary N) is 1. The number of anilines is 1. The maximum absolute atomic E-state index is 14.5. The number of likely N-dealkylation sites (N-methyl/N-ethyl adjacent to an activating group) is 1. The molecule has 0 spiro atoms. The van der Waals surface area contributed by atoms with Crippen LogP contribution in [0.4, 0.5) is 10.1 Å². The number of carbonyl (C=O) groups excluding carboxylic acids is 2. The molecule has 1 aliphatic rings. The minimum Gasteiger partial charge on any atom is -0.480 e. The molecular formula is C23H27BrFN5O3. The zero-order valence-electron chi connectivity index (χ0n) is 18.8. The second-order valence-electron chi connectivity index (χ2n) is 8.10. The van der Waals surface area contributed by atoms with E-state index in [1.54, 1.807) is 24.3 Å². The van der Waals surface area contributed by atoms with Crippen LogP contribution in [0.1, 0.15) is 22.6 Å². The van der Waals surface area contributed by atoms with E-state index in [4.69, 9.17) is 4.74 Å². The number of methoxy groups -OCH3 is 1. The van der Waals surface area contributed by atoms with Gasteiger partial charge in [0, 0.05) is 43.9 Å². The fourth-order valence-corrected chi connectivity index (χ4v) is 3.90. The van der Waals surface area contributed by atoms with E-state index in [0.717, 1.165) is 12.5 Å². The molecule has 0 bridgehead atoms. The monoisotopic (exact) mass is 519 g/mol. The summed E-state index contributed by atoms with van der Waals surface area (Å²) in [6, 6.07) is 4.11. The van der Waals surface area contributed by atoms with E-state index in [1.807, 2.05) is 19.0 Å². The van der Waals surface area contributed by atoms with Gasteiger partial charge in [-0.2, -0.15) is 4.98 Å². The average Bonchev–Trinajstić information content (AvgIpc) is 3.24. The second-order valence-corrected chi connectivity index (χ2v) is 8.96. The maximum Gasteiger partial charge on any atom is 0.253 e. The number of ether oxygens (including phenoxy) is 1. The van der Waals surface area contributed by atoms with Crippen molar-refractivity contribution in [3.05, 3.63) is 58.2 Å². The van der Waals surface area contributed by atoms with Gasteiger partial charge in [0.25, 0.3) is 5.91 Å². The van der Waals surface area contributed by atoms with Gasteiger partial charge in [0.1, 0.15) is 11.6 Å². The Morgan fingerprint density at radius 1 is 1.39 bits per heavy atom. The predicted molar refractivity (Wildman–Crippen MR) is 127 cm³/mol. The molecule has 1 N–H and O–H groups in total. The smallest absolute Gasteiger partial charge is 0.253 e. The molecule has 176 valence electrons. The zero-order valence-corrected chi connectivity index (χ0v) is 20.4. The zero-order chi connectivity index (χ0) is 24.0. The number of amides is 2. The minimum atomic E-state index is -0.652. The van der Waals surface area contributed by atoms with Crippen LogP contribution in [0.15, 0.2) is 41.0 Å². The summed E-state index contributed by atoms with van der Waals surface area (Å²) in [6.45, 7) is 1.72. The molecule has 2 heterocycles. The van der Waals surface area contributed by atoms with E-state index in [1.165, 1.54) is 18.2 Å². The van der Waals surface area contributed by atoms with Crippen LogP contribution in [0.5, 0.6) is 5.88 Å². The molecule has 8 nitrogen and oxygen atoms in total. The van der Waals surface area contributed by atoms with Crippen molar-refractivity contribution in [1.29, 1.82) is 0 Å². The molecular weight excluding hydrogens is 493 g/mol. The molecule has 0 unspecified atom stereocenters. The lowest BCUT2D eigenvalue weighted by atomic mass is 10.0. The minimum absolute atomic E-state index is 0.0340. The van der Waals surface area contributed by atoms with Gasteiger partial charge >= 0.3 is 0 Å². The quantitative estimate of drug-likeness (QED) is 0.539. The van der Waals surface area contributed by atoms with Gasteiger partial charge in [-0.15, -0.1) is 0 Å². The number of nitrogens with zero attached hydrogens (tertiary/aromatic N) is 4. The van der Waals surface area contributed by atoms with Gasteiger partial charge in [0.05, 0.1) is 17.3 Å². The third-order valence-electron chi connectivity index (χ3n) is 5.21. The maximum atomic E-state index is 14.5. The van der Waals surface area contributed by atoms with Gasteiger partial charge < -0.3 is 19.9 Å². The van der Waals surface area contributed by atoms with E-state index < -0.39 is 11.7 Å². The Labute approximate surface area is 201 Å². The fraction of sp³-hybridized carbons (Fsp3) is 0.391. The molecule has 2 amide bonds. The highest BCUT2D eigenvalue weighted by molar-refractivity contribution is 9.10. The Balaban J connectivity index is 1.58. The predicted octanol–water partition coefficient (Wildman–Crippen LogP) is 3.15. The highest BCUT2D eigenvalue weighted by atomic mass is 79.9. The number of benzene rings is 1. The van der Waals surface area contributed by atoms with Crippen LogP contribution in [-0.2, 0) is 11.2 Å². The Morgan fingerprint density at radius 3 is 2.88 bits per heavy atom. The molecule has 1 atom stereocenters. The Bertz CT molecular complexity index is 1050. The van der Waals surface area contributed by atoms with Crippen molar-refractivity contribution in [2.24, 2.45) is 5.92 Å². The molecule has 10 heteroatoms. The molecule has 1 saturated heterocycles. The van der Waals surface area contributed by atoms with Gasteiger partial charge in [0.2, 0.25) is 11.8 Å². The molecule has 3 rings (SSSR count). The Morgan fingerprint density at radius 2 is 2.18 bits per heavy atom. The lowest BCUT2D eigenvalue weighted by molar-refractivity contribution is -0.111. The lowest BCUT2D eigenvalue weighted by Crippen LogP contribution is -2.29. The average molecular weight is 520 g/mol. The summed E-state index contributed by atoms with van der Waals surface area (Å²) in [5.74, 6) is 0.0128. The first-order valence-corrected chi connectivity index (χ1v) is 11.3. The number of halogens is 2. The van der Waals surface area contributed by atoms with Crippen molar-refractivity contribution in [2.75, 3.05) is 46.2 Å². The SMILES string of the molecule is COc1nc(C[C@@H]2CCN(C(=O)c3ccc(NC(=O)/C=C/CN(C)C)c(F)c3)C2)ncc1Br. The first kappa shape index (κ1) is 24.8. The number of carbonyl (C=O) groups is 2. The van der Waals surface area contributed by atoms with Crippen LogP contribution < -0.4 is 10.1 Å². The summed E-state index contributed by atoms with van der Waals surface area (Å²) in [6.07, 6.45) is 6.12. The van der Waals surface area contributed by atoms with E-state index >= 15 is 0 Å². The largest absolute Gasteiger partial charge is 0.480 e. The summed E-state index contributed by atoms with van der Waals surface area (Å²) < 4.78 is 20.4. The summed E-state index contributed by atoms with van der Waals surface area (Å²) >= 11 is 3.34. The summed E-state index contributed by atoms with van der Waals surface area (Å²) in [5, 5.41) is 2.50. The summed E-state index contributed by atoms with van der Waals surface area (Å²) in [4.78, 5) is 37.1. The number of aromatic nitrogens is 2. The molecule has 1 fully saturated rings. The number of likely N-dealkylation sites (tertiary alicyclic amines) is 1. The van der Waals surface area contributed by atoms with Crippen molar-refractivity contribution < 1.29 is 18.7 Å². The van der Waals surface area contributed by atoms with E-state index in [9.17, 15) is 14.0 Å². The third-order valence-corrected chi connectivity index (χ3v) is 5.76. The van der Waals surface area contributed by atoms with Gasteiger partial charge in [-0.25, -0.2) is 9.37 Å². The van der Waals surface area contributed by atoms with Gasteiger partial charge in [-0.3, -0.25) is 9.59 Å². The standard InChI is InChI=1S/C23H27BrFN5O3/c1-29(2)9-4-5-21(31)27-19-7-6-16(12-18(19)25)23(32)30-10-8-15(14-30)11-20-26-13-17(24)22(28-20)33-3/h4-7,12-13,15H,8-11,14H2,1-3H3,(H,27,31)/b5-4+/t15-/m0/s1. The van der Waals surface area contributed by atoms with Crippen molar-refractivity contribution in [1.82, 2.24) is 19.8 Å². The lowest BCUT2D eigenvalue weighted by Gasteiger charge is -2.17. The molecule has 0 aliphatic carbocycles. The Kier molecular flexibility index (Phi) is 8.51. The van der Waals surface area contributed by atoms with Gasteiger partial charge in [0.15, 0.2) is 0 Å². The fourth-order valence-electron chi connectivity index (χ4n) is 3.55.